The van der Waals surface area contributed by atoms with Crippen LogP contribution in [0.5, 0.6) is 5.75 Å². The van der Waals surface area contributed by atoms with E-state index in [-0.39, 0.29) is 29.4 Å². The summed E-state index contributed by atoms with van der Waals surface area (Å²) < 4.78 is 5.20. The lowest BCUT2D eigenvalue weighted by atomic mass is 9.92. The van der Waals surface area contributed by atoms with E-state index in [1.807, 2.05) is 52.0 Å². The predicted molar refractivity (Wildman–Crippen MR) is 113 cm³/mol. The van der Waals surface area contributed by atoms with E-state index in [4.69, 9.17) is 4.74 Å². The van der Waals surface area contributed by atoms with E-state index in [1.54, 1.807) is 12.0 Å². The van der Waals surface area contributed by atoms with Crippen LogP contribution in [0.15, 0.2) is 24.3 Å². The fraction of sp³-hybridized carbons (Fsp3) is 0.609. The second-order valence-electron chi connectivity index (χ2n) is 8.57. The average molecular weight is 403 g/mol. The average Bonchev–Trinajstić information content (AvgIpc) is 3.09. The van der Waals surface area contributed by atoms with Gasteiger partial charge in [0.1, 0.15) is 11.8 Å². The number of likely N-dealkylation sites (tertiary alicyclic amines) is 1. The van der Waals surface area contributed by atoms with E-state index >= 15 is 0 Å². The van der Waals surface area contributed by atoms with Crippen molar-refractivity contribution in [1.82, 2.24) is 10.2 Å². The molecule has 6 nitrogen and oxygen atoms in total. The Kier molecular flexibility index (Phi) is 7.44. The number of rotatable bonds is 8. The van der Waals surface area contributed by atoms with Crippen molar-refractivity contribution < 1.29 is 19.1 Å². The highest BCUT2D eigenvalue weighted by molar-refractivity contribution is 5.95. The van der Waals surface area contributed by atoms with Gasteiger partial charge >= 0.3 is 0 Å². The Morgan fingerprint density at radius 1 is 1.17 bits per heavy atom. The van der Waals surface area contributed by atoms with Crippen molar-refractivity contribution in [2.45, 2.75) is 65.5 Å². The molecule has 2 rings (SSSR count). The number of benzene rings is 1. The fourth-order valence-corrected chi connectivity index (χ4v) is 3.67. The number of carbonyl (C=O) groups excluding carboxylic acids is 3. The normalized spacial score (nSPS) is 21.0. The molecule has 1 aromatic rings. The van der Waals surface area contributed by atoms with Gasteiger partial charge in [-0.25, -0.2) is 0 Å². The molecule has 0 aliphatic carbocycles. The Bertz CT molecular complexity index is 744. The van der Waals surface area contributed by atoms with Gasteiger partial charge in [-0.15, -0.1) is 0 Å². The number of nitrogens with one attached hydrogen (secondary N) is 1. The number of hydrogen-bond acceptors (Lipinski definition) is 4. The molecule has 0 saturated carbocycles. The Morgan fingerprint density at radius 3 is 2.31 bits per heavy atom. The van der Waals surface area contributed by atoms with Gasteiger partial charge in [0.15, 0.2) is 5.78 Å². The standard InChI is InChI=1S/C23H34N2O4/c1-15(2)16(3)21(27)24-20(14-18-8-10-19(29-6)11-9-18)22(28)25-13-7-12-23(25,5)17(4)26/h8-11,15-16,20H,7,12-14H2,1-6H3,(H,24,27)/t16-,20-,23-/m0/s1. The number of methoxy groups -OCH3 is 1. The van der Waals surface area contributed by atoms with Crippen LogP contribution in [0, 0.1) is 11.8 Å². The van der Waals surface area contributed by atoms with Gasteiger partial charge < -0.3 is 15.0 Å². The lowest BCUT2D eigenvalue weighted by Crippen LogP contribution is -2.57. The van der Waals surface area contributed by atoms with Gasteiger partial charge in [-0.3, -0.25) is 14.4 Å². The van der Waals surface area contributed by atoms with E-state index in [0.717, 1.165) is 17.7 Å². The SMILES string of the molecule is COc1ccc(C[C@H](NC(=O)[C@@H](C)C(C)C)C(=O)N2CCC[C@@]2(C)C(C)=O)cc1. The van der Waals surface area contributed by atoms with Crippen LogP contribution in [0.4, 0.5) is 0 Å². The van der Waals surface area contributed by atoms with Gasteiger partial charge in [0, 0.05) is 18.9 Å². The van der Waals surface area contributed by atoms with Gasteiger partial charge in [-0.2, -0.15) is 0 Å². The number of ether oxygens (including phenoxy) is 1. The Hall–Kier alpha value is -2.37. The number of hydrogen-bond donors (Lipinski definition) is 1. The van der Waals surface area contributed by atoms with Crippen LogP contribution in [0.3, 0.4) is 0 Å². The summed E-state index contributed by atoms with van der Waals surface area (Å²) in [4.78, 5) is 40.1. The smallest absolute Gasteiger partial charge is 0.246 e. The van der Waals surface area contributed by atoms with Gasteiger partial charge in [0.25, 0.3) is 0 Å². The maximum Gasteiger partial charge on any atom is 0.246 e. The van der Waals surface area contributed by atoms with E-state index in [1.165, 1.54) is 6.92 Å². The summed E-state index contributed by atoms with van der Waals surface area (Å²) in [6, 6.07) is 6.75. The molecule has 1 heterocycles. The molecule has 3 atom stereocenters. The van der Waals surface area contributed by atoms with Crippen LogP contribution in [-0.4, -0.2) is 47.7 Å². The molecule has 1 aliphatic rings. The first-order valence-electron chi connectivity index (χ1n) is 10.4. The molecule has 0 spiro atoms. The zero-order valence-corrected chi connectivity index (χ0v) is 18.5. The van der Waals surface area contributed by atoms with Gasteiger partial charge in [-0.1, -0.05) is 32.9 Å². The van der Waals surface area contributed by atoms with Crippen LogP contribution in [0.25, 0.3) is 0 Å². The first-order valence-corrected chi connectivity index (χ1v) is 10.4. The maximum absolute atomic E-state index is 13.5. The molecule has 0 unspecified atom stereocenters. The molecule has 0 aromatic heterocycles. The second-order valence-corrected chi connectivity index (χ2v) is 8.57. The quantitative estimate of drug-likeness (QED) is 0.725. The lowest BCUT2D eigenvalue weighted by molar-refractivity contribution is -0.145. The number of amides is 2. The number of ketones is 1. The maximum atomic E-state index is 13.5. The third-order valence-electron chi connectivity index (χ3n) is 6.29. The molecule has 1 aliphatic heterocycles. The summed E-state index contributed by atoms with van der Waals surface area (Å²) in [6.07, 6.45) is 1.80. The summed E-state index contributed by atoms with van der Waals surface area (Å²) in [5, 5.41) is 2.96. The minimum Gasteiger partial charge on any atom is -0.497 e. The third-order valence-corrected chi connectivity index (χ3v) is 6.29. The van der Waals surface area contributed by atoms with Crippen molar-refractivity contribution >= 4 is 17.6 Å². The highest BCUT2D eigenvalue weighted by Crippen LogP contribution is 2.31. The van der Waals surface area contributed by atoms with Crippen molar-refractivity contribution in [3.63, 3.8) is 0 Å². The molecular formula is C23H34N2O4. The molecule has 6 heteroatoms. The van der Waals surface area contributed by atoms with Gasteiger partial charge in [0.05, 0.1) is 12.6 Å². The van der Waals surface area contributed by atoms with Crippen molar-refractivity contribution in [3.05, 3.63) is 29.8 Å². The minimum atomic E-state index is -0.802. The first-order chi connectivity index (χ1) is 13.6. The fourth-order valence-electron chi connectivity index (χ4n) is 3.67. The van der Waals surface area contributed by atoms with Gasteiger partial charge in [0.2, 0.25) is 11.8 Å². The van der Waals surface area contributed by atoms with Crippen LogP contribution in [0.1, 0.15) is 53.0 Å². The summed E-state index contributed by atoms with van der Waals surface area (Å²) in [5.74, 6) is 0.335. The van der Waals surface area contributed by atoms with E-state index in [2.05, 4.69) is 5.32 Å². The summed E-state index contributed by atoms with van der Waals surface area (Å²) in [6.45, 7) is 9.72. The molecule has 2 amide bonds. The van der Waals surface area contributed by atoms with E-state index in [9.17, 15) is 14.4 Å². The lowest BCUT2D eigenvalue weighted by Gasteiger charge is -2.36. The van der Waals surface area contributed by atoms with Crippen molar-refractivity contribution in [2.24, 2.45) is 11.8 Å². The van der Waals surface area contributed by atoms with Crippen LogP contribution in [0.2, 0.25) is 0 Å². The number of carbonyl (C=O) groups is 3. The molecule has 1 fully saturated rings. The molecule has 0 radical (unpaired) electrons. The predicted octanol–water partition coefficient (Wildman–Crippen LogP) is 2.98. The van der Waals surface area contributed by atoms with E-state index in [0.29, 0.717) is 19.4 Å². The summed E-state index contributed by atoms with van der Waals surface area (Å²) >= 11 is 0. The molecular weight excluding hydrogens is 368 g/mol. The molecule has 160 valence electrons. The monoisotopic (exact) mass is 402 g/mol. The first kappa shape index (κ1) is 22.9. The summed E-state index contributed by atoms with van der Waals surface area (Å²) in [7, 11) is 1.60. The Morgan fingerprint density at radius 2 is 1.79 bits per heavy atom. The molecule has 1 aromatic carbocycles. The second kappa shape index (κ2) is 9.42. The van der Waals surface area contributed by atoms with E-state index < -0.39 is 11.6 Å². The molecule has 29 heavy (non-hydrogen) atoms. The molecule has 1 N–H and O–H groups in total. The number of Topliss-reactive ketones (excluding diaryl/α,β-unsaturated/α-hetero) is 1. The van der Waals surface area contributed by atoms with Crippen molar-refractivity contribution in [3.8, 4) is 5.75 Å². The van der Waals surface area contributed by atoms with Crippen molar-refractivity contribution in [2.75, 3.05) is 13.7 Å². The topological polar surface area (TPSA) is 75.7 Å². The zero-order valence-electron chi connectivity index (χ0n) is 18.5. The number of nitrogens with zero attached hydrogens (tertiary/aromatic N) is 1. The highest BCUT2D eigenvalue weighted by Gasteiger charge is 2.45. The summed E-state index contributed by atoms with van der Waals surface area (Å²) in [5.41, 5.74) is 0.120. The van der Waals surface area contributed by atoms with Crippen LogP contribution < -0.4 is 10.1 Å². The third kappa shape index (κ3) is 5.17. The van der Waals surface area contributed by atoms with Crippen LogP contribution in [-0.2, 0) is 20.8 Å². The minimum absolute atomic E-state index is 0.0200. The molecule has 1 saturated heterocycles. The van der Waals surface area contributed by atoms with Crippen molar-refractivity contribution in [1.29, 1.82) is 0 Å². The zero-order chi connectivity index (χ0) is 21.8. The Labute approximate surface area is 174 Å². The van der Waals surface area contributed by atoms with Crippen LogP contribution >= 0.6 is 0 Å². The molecule has 0 bridgehead atoms. The van der Waals surface area contributed by atoms with Gasteiger partial charge in [-0.05, 0) is 50.3 Å². The Balaban J connectivity index is 2.28. The largest absolute Gasteiger partial charge is 0.497 e. The highest BCUT2D eigenvalue weighted by atomic mass is 16.5.